The molecule has 8 heteroatoms. The Morgan fingerprint density at radius 1 is 1.16 bits per heavy atom. The maximum Gasteiger partial charge on any atom is 0.254 e. The minimum absolute atomic E-state index is 0.00260. The Kier molecular flexibility index (Phi) is 7.37. The van der Waals surface area contributed by atoms with E-state index in [9.17, 15) is 9.59 Å². The van der Waals surface area contributed by atoms with Gasteiger partial charge in [0, 0.05) is 23.0 Å². The first-order valence-corrected chi connectivity index (χ1v) is 13.6. The molecule has 1 aromatic heterocycles. The average Bonchev–Trinajstić information content (AvgIpc) is 3.59. The minimum atomic E-state index is -0.207. The number of thiophene rings is 1. The van der Waals surface area contributed by atoms with E-state index < -0.39 is 0 Å². The molecule has 37 heavy (non-hydrogen) atoms. The van der Waals surface area contributed by atoms with Gasteiger partial charge in [0.15, 0.2) is 11.5 Å². The Morgan fingerprint density at radius 3 is 2.78 bits per heavy atom. The Labute approximate surface area is 221 Å². The van der Waals surface area contributed by atoms with Gasteiger partial charge in [-0.05, 0) is 73.5 Å². The van der Waals surface area contributed by atoms with Gasteiger partial charge in [-0.2, -0.15) is 0 Å². The SMILES string of the molecule is CC[C@H](C)N(CC(=O)N1CCc2sccc2[C@H]1COc1ccccc1C)C(=O)c1ccc2c(c1)OCO2. The highest BCUT2D eigenvalue weighted by Crippen LogP contribution is 2.35. The first kappa shape index (κ1) is 25.1. The Morgan fingerprint density at radius 2 is 1.97 bits per heavy atom. The zero-order valence-corrected chi connectivity index (χ0v) is 22.3. The second-order valence-corrected chi connectivity index (χ2v) is 10.5. The maximum atomic E-state index is 13.8. The third-order valence-corrected chi connectivity index (χ3v) is 8.21. The number of aryl methyl sites for hydroxylation is 1. The Bertz CT molecular complexity index is 1290. The fourth-order valence-electron chi connectivity index (χ4n) is 4.84. The number of rotatable bonds is 8. The minimum Gasteiger partial charge on any atom is -0.491 e. The number of carbonyl (C=O) groups excluding carboxylic acids is 2. The second-order valence-electron chi connectivity index (χ2n) is 9.49. The van der Waals surface area contributed by atoms with E-state index in [1.54, 1.807) is 34.4 Å². The summed E-state index contributed by atoms with van der Waals surface area (Å²) in [5, 5.41) is 2.08. The number of ether oxygens (including phenoxy) is 3. The molecule has 2 aliphatic heterocycles. The summed E-state index contributed by atoms with van der Waals surface area (Å²) < 4.78 is 17.1. The first-order chi connectivity index (χ1) is 18.0. The van der Waals surface area contributed by atoms with Crippen LogP contribution >= 0.6 is 11.3 Å². The van der Waals surface area contributed by atoms with Crippen LogP contribution in [0.5, 0.6) is 17.2 Å². The molecule has 0 unspecified atom stereocenters. The van der Waals surface area contributed by atoms with Crippen molar-refractivity contribution < 1.29 is 23.8 Å². The van der Waals surface area contributed by atoms with Crippen LogP contribution in [0.2, 0.25) is 0 Å². The Balaban J connectivity index is 1.36. The highest BCUT2D eigenvalue weighted by atomic mass is 32.1. The normalized spacial score (nSPS) is 16.7. The molecule has 0 aliphatic carbocycles. The number of nitrogens with zero attached hydrogens (tertiary/aromatic N) is 2. The van der Waals surface area contributed by atoms with Crippen molar-refractivity contribution in [1.82, 2.24) is 9.80 Å². The molecule has 5 rings (SSSR count). The number of benzene rings is 2. The number of hydrogen-bond donors (Lipinski definition) is 0. The van der Waals surface area contributed by atoms with Crippen molar-refractivity contribution in [1.29, 1.82) is 0 Å². The smallest absolute Gasteiger partial charge is 0.254 e. The summed E-state index contributed by atoms with van der Waals surface area (Å²) in [6.45, 7) is 7.12. The van der Waals surface area contributed by atoms with Gasteiger partial charge in [-0.25, -0.2) is 0 Å². The van der Waals surface area contributed by atoms with E-state index in [1.807, 2.05) is 49.9 Å². The van der Waals surface area contributed by atoms with Crippen LogP contribution in [0.25, 0.3) is 0 Å². The number of amides is 2. The van der Waals surface area contributed by atoms with Crippen LogP contribution in [0.1, 0.15) is 52.7 Å². The van der Waals surface area contributed by atoms with Gasteiger partial charge in [0.2, 0.25) is 12.7 Å². The summed E-state index contributed by atoms with van der Waals surface area (Å²) >= 11 is 1.72. The van der Waals surface area contributed by atoms with Crippen LogP contribution in [-0.2, 0) is 11.2 Å². The maximum absolute atomic E-state index is 13.8. The van der Waals surface area contributed by atoms with Crippen molar-refractivity contribution in [2.45, 2.75) is 45.7 Å². The molecule has 2 amide bonds. The van der Waals surface area contributed by atoms with Gasteiger partial charge < -0.3 is 24.0 Å². The lowest BCUT2D eigenvalue weighted by Gasteiger charge is -2.38. The lowest BCUT2D eigenvalue weighted by Crippen LogP contribution is -2.49. The zero-order valence-electron chi connectivity index (χ0n) is 21.4. The van der Waals surface area contributed by atoms with Crippen molar-refractivity contribution in [3.05, 3.63) is 75.5 Å². The van der Waals surface area contributed by atoms with E-state index in [4.69, 9.17) is 14.2 Å². The van der Waals surface area contributed by atoms with Crippen LogP contribution < -0.4 is 14.2 Å². The number of fused-ring (bicyclic) bond motifs is 2. The van der Waals surface area contributed by atoms with E-state index >= 15 is 0 Å². The molecule has 3 heterocycles. The van der Waals surface area contributed by atoms with Crippen LogP contribution in [0.4, 0.5) is 0 Å². The van der Waals surface area contributed by atoms with Gasteiger partial charge in [-0.1, -0.05) is 25.1 Å². The summed E-state index contributed by atoms with van der Waals surface area (Å²) in [5.74, 6) is 1.72. The van der Waals surface area contributed by atoms with Crippen LogP contribution in [0, 0.1) is 6.92 Å². The van der Waals surface area contributed by atoms with Crippen LogP contribution in [-0.4, -0.2) is 54.1 Å². The monoisotopic (exact) mass is 520 g/mol. The molecule has 194 valence electrons. The topological polar surface area (TPSA) is 68.3 Å². The third kappa shape index (κ3) is 5.16. The van der Waals surface area contributed by atoms with Crippen molar-refractivity contribution in [3.8, 4) is 17.2 Å². The molecule has 0 saturated carbocycles. The fourth-order valence-corrected chi connectivity index (χ4v) is 5.77. The summed E-state index contributed by atoms with van der Waals surface area (Å²) in [7, 11) is 0. The first-order valence-electron chi connectivity index (χ1n) is 12.7. The van der Waals surface area contributed by atoms with E-state index in [0.717, 1.165) is 29.7 Å². The molecule has 7 nitrogen and oxygen atoms in total. The molecule has 0 N–H and O–H groups in total. The van der Waals surface area contributed by atoms with Gasteiger partial charge in [0.05, 0.1) is 6.04 Å². The van der Waals surface area contributed by atoms with E-state index in [-0.39, 0.29) is 37.2 Å². The Hall–Kier alpha value is -3.52. The van der Waals surface area contributed by atoms with E-state index in [1.165, 1.54) is 4.88 Å². The standard InChI is InChI=1S/C29H32N2O5S/c1-4-20(3)31(29(33)21-9-10-25-26(15-21)36-18-35-25)16-28(32)30-13-11-27-22(12-14-37-27)23(30)17-34-24-8-6-5-7-19(24)2/h5-10,12,14-15,20,23H,4,11,13,16-18H2,1-3H3/t20-,23+/m0/s1. The number of carbonyl (C=O) groups is 2. The van der Waals surface area contributed by atoms with Gasteiger partial charge >= 0.3 is 0 Å². The molecule has 2 aromatic carbocycles. The summed E-state index contributed by atoms with van der Waals surface area (Å²) in [5.41, 5.74) is 2.67. The van der Waals surface area contributed by atoms with Crippen LogP contribution in [0.3, 0.4) is 0 Å². The average molecular weight is 521 g/mol. The molecule has 0 bridgehead atoms. The largest absolute Gasteiger partial charge is 0.491 e. The third-order valence-electron chi connectivity index (χ3n) is 7.21. The van der Waals surface area contributed by atoms with E-state index in [2.05, 4.69) is 11.4 Å². The van der Waals surface area contributed by atoms with Gasteiger partial charge in [0.1, 0.15) is 18.9 Å². The van der Waals surface area contributed by atoms with Crippen molar-refractivity contribution in [2.24, 2.45) is 0 Å². The predicted octanol–water partition coefficient (Wildman–Crippen LogP) is 5.23. The summed E-state index contributed by atoms with van der Waals surface area (Å²) in [6, 6.07) is 14.9. The molecule has 0 spiro atoms. The highest BCUT2D eigenvalue weighted by Gasteiger charge is 2.34. The summed E-state index contributed by atoms with van der Waals surface area (Å²) in [6.07, 6.45) is 1.54. The molecule has 0 radical (unpaired) electrons. The number of hydrogen-bond acceptors (Lipinski definition) is 6. The van der Waals surface area contributed by atoms with Crippen molar-refractivity contribution in [3.63, 3.8) is 0 Å². The lowest BCUT2D eigenvalue weighted by atomic mass is 10.00. The highest BCUT2D eigenvalue weighted by molar-refractivity contribution is 7.10. The molecular weight excluding hydrogens is 488 g/mol. The zero-order chi connectivity index (χ0) is 25.9. The predicted molar refractivity (Wildman–Crippen MR) is 143 cm³/mol. The van der Waals surface area contributed by atoms with Gasteiger partial charge in [-0.3, -0.25) is 9.59 Å². The van der Waals surface area contributed by atoms with E-state index in [0.29, 0.717) is 30.2 Å². The fraction of sp³-hybridized carbons (Fsp3) is 0.379. The molecule has 0 saturated heterocycles. The molecule has 3 aromatic rings. The van der Waals surface area contributed by atoms with Crippen molar-refractivity contribution in [2.75, 3.05) is 26.5 Å². The molecular formula is C29H32N2O5S. The van der Waals surface area contributed by atoms with Gasteiger partial charge in [0.25, 0.3) is 5.91 Å². The number of para-hydroxylation sites is 1. The van der Waals surface area contributed by atoms with Gasteiger partial charge in [-0.15, -0.1) is 11.3 Å². The molecule has 0 fully saturated rings. The second kappa shape index (κ2) is 10.8. The molecule has 2 atom stereocenters. The lowest BCUT2D eigenvalue weighted by molar-refractivity contribution is -0.136. The van der Waals surface area contributed by atoms with Crippen LogP contribution in [0.15, 0.2) is 53.9 Å². The quantitative estimate of drug-likeness (QED) is 0.407. The molecule has 2 aliphatic rings. The summed E-state index contributed by atoms with van der Waals surface area (Å²) in [4.78, 5) is 32.2. The van der Waals surface area contributed by atoms with Crippen molar-refractivity contribution >= 4 is 23.2 Å².